The van der Waals surface area contributed by atoms with Crippen molar-refractivity contribution in [1.29, 1.82) is 0 Å². The fraction of sp³-hybridized carbons (Fsp3) is 0.333. The number of aromatic nitrogens is 4. The van der Waals surface area contributed by atoms with Crippen LogP contribution in [0.25, 0.3) is 11.2 Å². The van der Waals surface area contributed by atoms with Gasteiger partial charge in [0, 0.05) is 18.4 Å². The van der Waals surface area contributed by atoms with E-state index in [1.807, 2.05) is 0 Å². The van der Waals surface area contributed by atoms with Gasteiger partial charge in [-0.1, -0.05) is 18.2 Å². The Labute approximate surface area is 213 Å². The van der Waals surface area contributed by atoms with Crippen LogP contribution in [0.15, 0.2) is 35.7 Å². The van der Waals surface area contributed by atoms with Gasteiger partial charge in [-0.25, -0.2) is 24.8 Å². The normalized spacial score (nSPS) is 20.1. The van der Waals surface area contributed by atoms with Gasteiger partial charge in [0.15, 0.2) is 23.5 Å². The Bertz CT molecular complexity index is 1380. The lowest BCUT2D eigenvalue weighted by Gasteiger charge is -2.27. The van der Waals surface area contributed by atoms with E-state index < -0.39 is 49.1 Å². The molecule has 1 fully saturated rings. The Balaban J connectivity index is 1.54. The molecule has 11 N–H and O–H groups in total. The summed E-state index contributed by atoms with van der Waals surface area (Å²) >= 11 is 0. The number of fused-ring (bicyclic) bond motifs is 1. The maximum absolute atomic E-state index is 15.0. The third-order valence-electron chi connectivity index (χ3n) is 6.00. The number of hydrogen-bond acceptors (Lipinski definition) is 12. The summed E-state index contributed by atoms with van der Waals surface area (Å²) in [7, 11) is 0. The molecule has 3 aromatic rings. The quantitative estimate of drug-likeness (QED) is 0.0565. The van der Waals surface area contributed by atoms with E-state index in [2.05, 4.69) is 25.5 Å². The lowest BCUT2D eigenvalue weighted by Crippen LogP contribution is -2.52. The molecule has 3 unspecified atom stereocenters. The number of nitrogens with two attached hydrogens (primary N) is 4. The molecule has 0 saturated carbocycles. The van der Waals surface area contributed by atoms with Gasteiger partial charge in [0.25, 0.3) is 5.60 Å². The molecule has 3 atom stereocenters. The molecular formula is C21H25FN10O6. The van der Waals surface area contributed by atoms with Crippen LogP contribution in [0, 0.1) is 0 Å². The topological polar surface area (TPSA) is 265 Å². The molecule has 0 bridgehead atoms. The fourth-order valence-electron chi connectivity index (χ4n) is 4.16. The number of imidazole rings is 1. The van der Waals surface area contributed by atoms with E-state index >= 15 is 0 Å². The van der Waals surface area contributed by atoms with Gasteiger partial charge >= 0.3 is 11.9 Å². The second kappa shape index (κ2) is 10.4. The summed E-state index contributed by atoms with van der Waals surface area (Å²) in [4.78, 5) is 36.3. The number of carboxylic acid groups (broad SMARTS) is 2. The van der Waals surface area contributed by atoms with Crippen LogP contribution < -0.4 is 28.6 Å². The van der Waals surface area contributed by atoms with Crippen molar-refractivity contribution < 1.29 is 33.7 Å². The van der Waals surface area contributed by atoms with Gasteiger partial charge in [0.2, 0.25) is 5.95 Å². The summed E-state index contributed by atoms with van der Waals surface area (Å²) in [5, 5.41) is 23.2. The van der Waals surface area contributed by atoms with Crippen molar-refractivity contribution in [3.63, 3.8) is 0 Å². The number of hydrazine groups is 1. The summed E-state index contributed by atoms with van der Waals surface area (Å²) in [6.45, 7) is -0.541. The molecule has 17 heteroatoms. The predicted molar refractivity (Wildman–Crippen MR) is 130 cm³/mol. The number of halogens is 1. The van der Waals surface area contributed by atoms with Crippen LogP contribution in [0.1, 0.15) is 23.8 Å². The van der Waals surface area contributed by atoms with Gasteiger partial charge in [-0.2, -0.15) is 15.1 Å². The average Bonchev–Trinajstić information content (AvgIpc) is 3.45. The van der Waals surface area contributed by atoms with Gasteiger partial charge in [-0.05, 0) is 11.6 Å². The van der Waals surface area contributed by atoms with Crippen molar-refractivity contribution in [2.24, 2.45) is 16.8 Å². The molecule has 0 aliphatic carbocycles. The minimum absolute atomic E-state index is 0.00315. The van der Waals surface area contributed by atoms with E-state index in [1.165, 1.54) is 23.0 Å². The molecule has 2 aromatic heterocycles. The van der Waals surface area contributed by atoms with Crippen LogP contribution in [0.2, 0.25) is 0 Å². The van der Waals surface area contributed by atoms with Crippen LogP contribution >= 0.6 is 0 Å². The smallest absolute Gasteiger partial charge is 0.348 e. The third-order valence-corrected chi connectivity index (χ3v) is 6.00. The van der Waals surface area contributed by atoms with Crippen LogP contribution in [0.3, 0.4) is 0 Å². The highest BCUT2D eigenvalue weighted by Gasteiger charge is 2.50. The standard InChI is InChI=1S/C21H25FN10O6/c22-12-5-11(38-17(12)32-8-27-13-14(23)28-20(24)29-16(13)32)7-37-21(18(33)34,19(35)36)6-9-2-1-3-10(4-9)15(30-25)31-26/h1-4,8,11-12,17H,5-7,25-26H2,(H,30,31)(H,33,34)(H,35,36)(H4,23,24,28,29). The molecular weight excluding hydrogens is 507 g/mol. The molecule has 202 valence electrons. The maximum Gasteiger partial charge on any atom is 0.348 e. The molecule has 1 aliphatic rings. The first-order valence-electron chi connectivity index (χ1n) is 11.1. The van der Waals surface area contributed by atoms with E-state index in [-0.39, 0.29) is 40.7 Å². The van der Waals surface area contributed by atoms with Gasteiger partial charge < -0.3 is 42.4 Å². The molecule has 0 spiro atoms. The minimum Gasteiger partial charge on any atom is -0.479 e. The van der Waals surface area contributed by atoms with Crippen molar-refractivity contribution in [2.75, 3.05) is 18.1 Å². The number of benzene rings is 1. The van der Waals surface area contributed by atoms with Crippen molar-refractivity contribution >= 4 is 40.7 Å². The Kier molecular flexibility index (Phi) is 7.24. The highest BCUT2D eigenvalue weighted by Crippen LogP contribution is 2.35. The number of hydrazone groups is 1. The first kappa shape index (κ1) is 26.5. The minimum atomic E-state index is -2.71. The second-order valence-corrected chi connectivity index (χ2v) is 8.44. The lowest BCUT2D eigenvalue weighted by molar-refractivity contribution is -0.188. The van der Waals surface area contributed by atoms with E-state index in [0.717, 1.165) is 0 Å². The SMILES string of the molecule is N/N=C(\NN)c1cccc(CC(OCC2CC(F)C(n3cnc4c(N)nc(N)nc43)O2)(C(=O)O)C(=O)O)c1. The van der Waals surface area contributed by atoms with Crippen LogP contribution in [0.5, 0.6) is 0 Å². The number of aliphatic carboxylic acids is 2. The molecule has 16 nitrogen and oxygen atoms in total. The van der Waals surface area contributed by atoms with Crippen molar-refractivity contribution in [1.82, 2.24) is 24.9 Å². The van der Waals surface area contributed by atoms with Gasteiger partial charge in [-0.3, -0.25) is 4.57 Å². The summed E-state index contributed by atoms with van der Waals surface area (Å²) in [6.07, 6.45) is -3.34. The third kappa shape index (κ3) is 4.84. The number of carbonyl (C=O) groups is 2. The zero-order chi connectivity index (χ0) is 27.6. The summed E-state index contributed by atoms with van der Waals surface area (Å²) in [6, 6.07) is 6.08. The van der Waals surface area contributed by atoms with E-state index in [1.54, 1.807) is 12.1 Å². The lowest BCUT2D eigenvalue weighted by atomic mass is 9.93. The zero-order valence-electron chi connectivity index (χ0n) is 19.7. The monoisotopic (exact) mass is 532 g/mol. The zero-order valence-corrected chi connectivity index (χ0v) is 19.7. The molecule has 1 aliphatic heterocycles. The summed E-state index contributed by atoms with van der Waals surface area (Å²) in [5.74, 6) is 7.07. The number of ether oxygens (including phenoxy) is 2. The van der Waals surface area contributed by atoms with E-state index in [4.69, 9.17) is 32.6 Å². The Morgan fingerprint density at radius 1 is 1.29 bits per heavy atom. The highest BCUT2D eigenvalue weighted by atomic mass is 19.1. The summed E-state index contributed by atoms with van der Waals surface area (Å²) < 4.78 is 27.5. The van der Waals surface area contributed by atoms with Gasteiger partial charge in [0.05, 0.1) is 19.0 Å². The van der Waals surface area contributed by atoms with Crippen molar-refractivity contribution in [3.05, 3.63) is 41.7 Å². The second-order valence-electron chi connectivity index (χ2n) is 8.44. The average molecular weight is 532 g/mol. The van der Waals surface area contributed by atoms with E-state index in [9.17, 15) is 24.2 Å². The number of nitrogens with one attached hydrogen (secondary N) is 1. The number of carboxylic acids is 2. The van der Waals surface area contributed by atoms with Crippen molar-refractivity contribution in [2.45, 2.75) is 36.9 Å². The number of nitrogen functional groups attached to an aromatic ring is 2. The maximum atomic E-state index is 15.0. The van der Waals surface area contributed by atoms with Crippen molar-refractivity contribution in [3.8, 4) is 0 Å². The molecule has 38 heavy (non-hydrogen) atoms. The molecule has 1 saturated heterocycles. The van der Waals surface area contributed by atoms with Crippen LogP contribution in [-0.4, -0.2) is 72.0 Å². The largest absolute Gasteiger partial charge is 0.479 e. The number of hydrogen-bond donors (Lipinski definition) is 7. The molecule has 3 heterocycles. The summed E-state index contributed by atoms with van der Waals surface area (Å²) in [5.41, 5.74) is 12.0. The molecule has 4 rings (SSSR count). The number of rotatable bonds is 9. The number of nitrogens with zero attached hydrogens (tertiary/aromatic N) is 5. The first-order chi connectivity index (χ1) is 18.1. The predicted octanol–water partition coefficient (Wildman–Crippen LogP) is -1.13. The van der Waals surface area contributed by atoms with E-state index in [0.29, 0.717) is 5.56 Å². The van der Waals surface area contributed by atoms with Gasteiger partial charge in [-0.15, -0.1) is 0 Å². The molecule has 0 radical (unpaired) electrons. The Hall–Kier alpha value is -4.61. The first-order valence-corrected chi connectivity index (χ1v) is 11.1. The molecule has 1 aromatic carbocycles. The van der Waals surface area contributed by atoms with Gasteiger partial charge in [0.1, 0.15) is 11.7 Å². The number of alkyl halides is 1. The fourth-order valence-corrected chi connectivity index (χ4v) is 4.16. The van der Waals surface area contributed by atoms with Crippen LogP contribution in [0.4, 0.5) is 16.2 Å². The number of amidine groups is 1. The highest BCUT2D eigenvalue weighted by molar-refractivity contribution is 6.02. The Morgan fingerprint density at radius 2 is 2.03 bits per heavy atom. The Morgan fingerprint density at radius 3 is 2.68 bits per heavy atom. The number of anilines is 2. The van der Waals surface area contributed by atoms with Crippen LogP contribution in [-0.2, 0) is 25.5 Å². The molecule has 0 amide bonds.